The number of ether oxygens (including phenoxy) is 2. The predicted octanol–water partition coefficient (Wildman–Crippen LogP) is 2.67. The molecule has 6 fully saturated rings. The van der Waals surface area contributed by atoms with Crippen LogP contribution in [-0.4, -0.2) is 67.3 Å². The lowest BCUT2D eigenvalue weighted by Gasteiger charge is -2.67. The van der Waals surface area contributed by atoms with Gasteiger partial charge in [-0.05, 0) is 55.8 Å². The van der Waals surface area contributed by atoms with Gasteiger partial charge in [0.1, 0.15) is 5.78 Å². The molecule has 2 heterocycles. The molecule has 0 aromatic rings. The first-order chi connectivity index (χ1) is 14.9. The zero-order valence-electron chi connectivity index (χ0n) is 19.2. The van der Waals surface area contributed by atoms with Gasteiger partial charge in [0.25, 0.3) is 0 Å². The molecule has 1 N–H and O–H groups in total. The average Bonchev–Trinajstić information content (AvgIpc) is 2.79. The molecular weight excluding hydrogens is 394 g/mol. The van der Waals surface area contributed by atoms with E-state index in [9.17, 15) is 14.7 Å². The number of rotatable bonds is 5. The Hall–Kier alpha value is -0.980. The number of Topliss-reactive ketones (excluding diaryl/α,β-unsaturated/α-hetero) is 1. The normalized spacial score (nSPS) is 47.6. The Morgan fingerprint density at radius 1 is 1.19 bits per heavy atom. The molecule has 0 amide bonds. The monoisotopic (exact) mass is 433 g/mol. The van der Waals surface area contributed by atoms with E-state index in [1.807, 2.05) is 0 Å². The van der Waals surface area contributed by atoms with Gasteiger partial charge in [-0.25, -0.2) is 0 Å². The van der Waals surface area contributed by atoms with E-state index in [1.54, 1.807) is 0 Å². The highest BCUT2D eigenvalue weighted by molar-refractivity contribution is 5.92. The van der Waals surface area contributed by atoms with Crippen LogP contribution >= 0.6 is 0 Å². The lowest BCUT2D eigenvalue weighted by molar-refractivity contribution is -0.239. The summed E-state index contributed by atoms with van der Waals surface area (Å²) >= 11 is 0. The Kier molecular flexibility index (Phi) is 5.71. The van der Waals surface area contributed by atoms with Crippen LogP contribution in [0.5, 0.6) is 0 Å². The SMILES string of the molecule is CCCCC12C(=O)OCC(C)C1C[C@@H](O)[C@@]13CC[C@@H](CC21)[C@H](CN1CCOCC1)C3=O. The van der Waals surface area contributed by atoms with Crippen LogP contribution in [-0.2, 0) is 19.1 Å². The maximum Gasteiger partial charge on any atom is 0.312 e. The minimum Gasteiger partial charge on any atom is -0.465 e. The van der Waals surface area contributed by atoms with Gasteiger partial charge in [0, 0.05) is 25.6 Å². The number of hydrogen-bond donors (Lipinski definition) is 1. The summed E-state index contributed by atoms with van der Waals surface area (Å²) in [5.41, 5.74) is -1.35. The largest absolute Gasteiger partial charge is 0.465 e. The summed E-state index contributed by atoms with van der Waals surface area (Å²) in [6.45, 7) is 8.76. The Balaban J connectivity index is 1.51. The van der Waals surface area contributed by atoms with Crippen LogP contribution in [0.3, 0.4) is 0 Å². The quantitative estimate of drug-likeness (QED) is 0.672. The third-order valence-corrected chi connectivity index (χ3v) is 9.86. The van der Waals surface area contributed by atoms with Gasteiger partial charge in [0.15, 0.2) is 0 Å². The number of morpholine rings is 1. The molecule has 0 aromatic heterocycles. The minimum absolute atomic E-state index is 0.0189. The van der Waals surface area contributed by atoms with Crippen LogP contribution in [0.15, 0.2) is 0 Å². The summed E-state index contributed by atoms with van der Waals surface area (Å²) in [4.78, 5) is 30.0. The average molecular weight is 434 g/mol. The molecule has 31 heavy (non-hydrogen) atoms. The maximum absolute atomic E-state index is 14.1. The van der Waals surface area contributed by atoms with Crippen molar-refractivity contribution in [1.29, 1.82) is 0 Å². The van der Waals surface area contributed by atoms with Crippen LogP contribution in [0.1, 0.15) is 58.8 Å². The molecular formula is C25H39NO5. The van der Waals surface area contributed by atoms with Crippen molar-refractivity contribution < 1.29 is 24.2 Å². The van der Waals surface area contributed by atoms with Crippen molar-refractivity contribution in [3.8, 4) is 0 Å². The molecule has 4 saturated carbocycles. The molecule has 0 radical (unpaired) electrons. The van der Waals surface area contributed by atoms with Crippen molar-refractivity contribution in [2.24, 2.45) is 40.4 Å². The summed E-state index contributed by atoms with van der Waals surface area (Å²) in [5.74, 6) is 0.760. The highest BCUT2D eigenvalue weighted by Crippen LogP contribution is 2.69. The van der Waals surface area contributed by atoms with Gasteiger partial charge in [-0.1, -0.05) is 26.7 Å². The van der Waals surface area contributed by atoms with Crippen LogP contribution < -0.4 is 0 Å². The number of cyclic esters (lactones) is 1. The fourth-order valence-electron chi connectivity index (χ4n) is 8.32. The molecule has 4 unspecified atom stereocenters. The summed E-state index contributed by atoms with van der Waals surface area (Å²) < 4.78 is 11.3. The maximum atomic E-state index is 14.1. The molecule has 2 bridgehead atoms. The molecule has 1 spiro atoms. The lowest BCUT2D eigenvalue weighted by atomic mass is 9.37. The Morgan fingerprint density at radius 2 is 1.97 bits per heavy atom. The van der Waals surface area contributed by atoms with Gasteiger partial charge in [-0.15, -0.1) is 0 Å². The third-order valence-electron chi connectivity index (χ3n) is 9.86. The van der Waals surface area contributed by atoms with Gasteiger partial charge in [-0.2, -0.15) is 0 Å². The molecule has 6 aliphatic rings. The molecule has 2 aliphatic heterocycles. The summed E-state index contributed by atoms with van der Waals surface area (Å²) in [6.07, 6.45) is 5.35. The molecule has 0 aromatic carbocycles. The number of esters is 1. The van der Waals surface area contributed by atoms with Gasteiger partial charge >= 0.3 is 5.97 Å². The number of nitrogens with zero attached hydrogens (tertiary/aromatic N) is 1. The van der Waals surface area contributed by atoms with E-state index in [4.69, 9.17) is 9.47 Å². The number of aliphatic hydroxyl groups is 1. The number of hydrogen-bond acceptors (Lipinski definition) is 6. The first-order valence-electron chi connectivity index (χ1n) is 12.6. The first-order valence-corrected chi connectivity index (χ1v) is 12.6. The first kappa shape index (κ1) is 21.8. The summed E-state index contributed by atoms with van der Waals surface area (Å²) in [6, 6.07) is 0. The highest BCUT2D eigenvalue weighted by Gasteiger charge is 2.73. The number of aliphatic hydroxyl groups excluding tert-OH is 1. The number of unbranched alkanes of at least 4 members (excludes halogenated alkanes) is 1. The zero-order valence-corrected chi connectivity index (χ0v) is 19.2. The van der Waals surface area contributed by atoms with E-state index in [-0.39, 0.29) is 35.4 Å². The zero-order chi connectivity index (χ0) is 21.8. The minimum atomic E-state index is -0.758. The van der Waals surface area contributed by atoms with E-state index < -0.39 is 16.9 Å². The van der Waals surface area contributed by atoms with Crippen LogP contribution in [0.4, 0.5) is 0 Å². The van der Waals surface area contributed by atoms with Gasteiger partial charge in [0.05, 0.1) is 36.8 Å². The van der Waals surface area contributed by atoms with Crippen molar-refractivity contribution in [3.63, 3.8) is 0 Å². The second-order valence-electron chi connectivity index (χ2n) is 11.1. The molecule has 6 rings (SSSR count). The van der Waals surface area contributed by atoms with Gasteiger partial charge < -0.3 is 14.6 Å². The second kappa shape index (κ2) is 8.11. The van der Waals surface area contributed by atoms with E-state index >= 15 is 0 Å². The van der Waals surface area contributed by atoms with E-state index in [0.29, 0.717) is 18.9 Å². The molecule has 8 atom stereocenters. The van der Waals surface area contributed by atoms with Crippen LogP contribution in [0.2, 0.25) is 0 Å². The second-order valence-corrected chi connectivity index (χ2v) is 11.1. The Labute approximate surface area is 186 Å². The summed E-state index contributed by atoms with van der Waals surface area (Å²) in [7, 11) is 0. The summed E-state index contributed by atoms with van der Waals surface area (Å²) in [5, 5.41) is 11.5. The molecule has 6 heteroatoms. The van der Waals surface area contributed by atoms with Gasteiger partial charge in [0.2, 0.25) is 0 Å². The Morgan fingerprint density at radius 3 is 2.71 bits per heavy atom. The van der Waals surface area contributed by atoms with E-state index in [0.717, 1.165) is 71.4 Å². The number of ketones is 1. The van der Waals surface area contributed by atoms with Crippen molar-refractivity contribution >= 4 is 11.8 Å². The molecule has 4 aliphatic carbocycles. The predicted molar refractivity (Wildman–Crippen MR) is 115 cm³/mol. The molecule has 2 saturated heterocycles. The van der Waals surface area contributed by atoms with Crippen molar-refractivity contribution in [2.75, 3.05) is 39.5 Å². The standard InChI is InChI=1S/C25H39NO5/c1-3-4-6-24-19(16(2)15-31-23(24)29)13-21(27)25-7-5-17(12-20(24)25)18(22(25)28)14-26-8-10-30-11-9-26/h16-21,27H,3-15H2,1-2H3/t16?,17-,18-,19?,20?,21+,24?,25+/m0/s1. The fourth-order valence-corrected chi connectivity index (χ4v) is 8.32. The highest BCUT2D eigenvalue weighted by atomic mass is 16.5. The molecule has 6 nitrogen and oxygen atoms in total. The third kappa shape index (κ3) is 3.07. The Bertz CT molecular complexity index is 721. The van der Waals surface area contributed by atoms with E-state index in [2.05, 4.69) is 18.7 Å². The smallest absolute Gasteiger partial charge is 0.312 e. The topological polar surface area (TPSA) is 76.1 Å². The van der Waals surface area contributed by atoms with E-state index in [1.165, 1.54) is 0 Å². The van der Waals surface area contributed by atoms with Crippen molar-refractivity contribution in [2.45, 2.75) is 64.9 Å². The van der Waals surface area contributed by atoms with Crippen molar-refractivity contribution in [3.05, 3.63) is 0 Å². The number of fused-ring (bicyclic) bond motifs is 3. The fraction of sp³-hybridized carbons (Fsp3) is 0.920. The van der Waals surface area contributed by atoms with Crippen LogP contribution in [0, 0.1) is 40.4 Å². The number of carbonyl (C=O) groups excluding carboxylic acids is 2. The van der Waals surface area contributed by atoms with Gasteiger partial charge in [-0.3, -0.25) is 14.5 Å². The lowest BCUT2D eigenvalue weighted by Crippen LogP contribution is -2.72. The van der Waals surface area contributed by atoms with Crippen molar-refractivity contribution in [1.82, 2.24) is 4.90 Å². The number of carbonyl (C=O) groups is 2. The molecule has 174 valence electrons. The van der Waals surface area contributed by atoms with Crippen LogP contribution in [0.25, 0.3) is 0 Å².